The molecular formula is C33H35NO6. The van der Waals surface area contributed by atoms with Gasteiger partial charge in [-0.25, -0.2) is 0 Å². The number of hydrogen-bond acceptors (Lipinski definition) is 6. The van der Waals surface area contributed by atoms with Crippen LogP contribution in [0.3, 0.4) is 0 Å². The molecule has 0 aromatic heterocycles. The van der Waals surface area contributed by atoms with E-state index in [9.17, 15) is 4.79 Å². The number of rotatable bonds is 13. The first-order chi connectivity index (χ1) is 19.5. The maximum absolute atomic E-state index is 13.9. The van der Waals surface area contributed by atoms with Crippen LogP contribution in [0.1, 0.15) is 27.0 Å². The Morgan fingerprint density at radius 2 is 1.32 bits per heavy atom. The first-order valence-corrected chi connectivity index (χ1v) is 13.0. The summed E-state index contributed by atoms with van der Waals surface area (Å²) in [5.41, 5.74) is 3.56. The summed E-state index contributed by atoms with van der Waals surface area (Å²) >= 11 is 0. The minimum atomic E-state index is -0.131. The molecule has 0 aliphatic rings. The zero-order valence-electron chi connectivity index (χ0n) is 23.4. The lowest BCUT2D eigenvalue weighted by Crippen LogP contribution is -2.32. The third-order valence-electron chi connectivity index (χ3n) is 6.52. The molecule has 1 amide bonds. The molecule has 0 saturated carbocycles. The van der Waals surface area contributed by atoms with Gasteiger partial charge >= 0.3 is 0 Å². The fraction of sp³-hybridized carbons (Fsp3) is 0.242. The van der Waals surface area contributed by atoms with E-state index in [0.29, 0.717) is 54.7 Å². The number of amides is 1. The van der Waals surface area contributed by atoms with E-state index >= 15 is 0 Å². The second-order valence-electron chi connectivity index (χ2n) is 9.19. The summed E-state index contributed by atoms with van der Waals surface area (Å²) in [6.07, 6.45) is 0.622. The number of nitrogens with zero attached hydrogens (tertiary/aromatic N) is 1. The molecule has 0 aliphatic heterocycles. The average Bonchev–Trinajstić information content (AvgIpc) is 3.01. The SMILES string of the molecule is COc1cc(OC)cc(C(=O)N(CCc2ccc(OC)c(OC)c2)Cc2cccc(OCc3ccccc3)c2)c1. The van der Waals surface area contributed by atoms with Gasteiger partial charge in [0.05, 0.1) is 28.4 Å². The van der Waals surface area contributed by atoms with Crippen molar-refractivity contribution in [3.05, 3.63) is 113 Å². The minimum Gasteiger partial charge on any atom is -0.497 e. The van der Waals surface area contributed by atoms with Gasteiger partial charge in [0.1, 0.15) is 23.9 Å². The first-order valence-electron chi connectivity index (χ1n) is 13.0. The van der Waals surface area contributed by atoms with E-state index in [2.05, 4.69) is 0 Å². The Balaban J connectivity index is 1.57. The Morgan fingerprint density at radius 1 is 0.625 bits per heavy atom. The van der Waals surface area contributed by atoms with Crippen LogP contribution in [-0.2, 0) is 19.6 Å². The lowest BCUT2D eigenvalue weighted by molar-refractivity contribution is 0.0744. The van der Waals surface area contributed by atoms with Crippen LogP contribution in [0.4, 0.5) is 0 Å². The van der Waals surface area contributed by atoms with Crippen molar-refractivity contribution in [1.29, 1.82) is 0 Å². The molecule has 7 nitrogen and oxygen atoms in total. The molecule has 0 bridgehead atoms. The third kappa shape index (κ3) is 7.47. The normalized spacial score (nSPS) is 10.5. The average molecular weight is 542 g/mol. The second-order valence-corrected chi connectivity index (χ2v) is 9.19. The predicted molar refractivity (Wildman–Crippen MR) is 155 cm³/mol. The molecule has 0 unspecified atom stereocenters. The number of methoxy groups -OCH3 is 4. The van der Waals surface area contributed by atoms with E-state index in [1.54, 1.807) is 46.6 Å². The fourth-order valence-electron chi connectivity index (χ4n) is 4.36. The van der Waals surface area contributed by atoms with Gasteiger partial charge in [0.15, 0.2) is 11.5 Å². The Hall–Kier alpha value is -4.65. The smallest absolute Gasteiger partial charge is 0.254 e. The second kappa shape index (κ2) is 13.9. The molecule has 7 heteroatoms. The first kappa shape index (κ1) is 28.4. The molecule has 0 atom stereocenters. The summed E-state index contributed by atoms with van der Waals surface area (Å²) in [6, 6.07) is 28.9. The summed E-state index contributed by atoms with van der Waals surface area (Å²) in [5.74, 6) is 3.04. The van der Waals surface area contributed by atoms with Gasteiger partial charge in [-0.1, -0.05) is 48.5 Å². The van der Waals surface area contributed by atoms with Gasteiger partial charge in [0.25, 0.3) is 5.91 Å². The molecule has 0 aliphatic carbocycles. The van der Waals surface area contributed by atoms with Gasteiger partial charge in [-0.05, 0) is 59.5 Å². The van der Waals surface area contributed by atoms with Gasteiger partial charge in [0.2, 0.25) is 0 Å². The van der Waals surface area contributed by atoms with Crippen molar-refractivity contribution < 1.29 is 28.5 Å². The summed E-state index contributed by atoms with van der Waals surface area (Å²) in [4.78, 5) is 15.7. The fourth-order valence-corrected chi connectivity index (χ4v) is 4.36. The number of carbonyl (C=O) groups excluding carboxylic acids is 1. The number of hydrogen-bond donors (Lipinski definition) is 0. The van der Waals surface area contributed by atoms with Crippen LogP contribution >= 0.6 is 0 Å². The van der Waals surface area contributed by atoms with E-state index in [-0.39, 0.29) is 5.91 Å². The van der Waals surface area contributed by atoms with E-state index in [4.69, 9.17) is 23.7 Å². The van der Waals surface area contributed by atoms with E-state index in [0.717, 1.165) is 22.4 Å². The molecule has 0 N–H and O–H groups in total. The molecule has 0 radical (unpaired) electrons. The van der Waals surface area contributed by atoms with E-state index < -0.39 is 0 Å². The van der Waals surface area contributed by atoms with E-state index in [1.807, 2.05) is 77.7 Å². The predicted octanol–water partition coefficient (Wildman–Crippen LogP) is 6.19. The quantitative estimate of drug-likeness (QED) is 0.201. The molecule has 0 spiro atoms. The highest BCUT2D eigenvalue weighted by Crippen LogP contribution is 2.28. The zero-order chi connectivity index (χ0) is 28.3. The van der Waals surface area contributed by atoms with Crippen LogP contribution in [0.25, 0.3) is 0 Å². The summed E-state index contributed by atoms with van der Waals surface area (Å²) in [6.45, 7) is 1.34. The van der Waals surface area contributed by atoms with Gasteiger partial charge in [-0.15, -0.1) is 0 Å². The maximum atomic E-state index is 13.9. The van der Waals surface area contributed by atoms with Crippen molar-refractivity contribution in [3.8, 4) is 28.7 Å². The van der Waals surface area contributed by atoms with Crippen molar-refractivity contribution in [3.63, 3.8) is 0 Å². The molecule has 0 heterocycles. The standard InChI is InChI=1S/C33H35NO6/c1-36-29-19-27(20-30(21-29)37-2)33(35)34(16-15-24-13-14-31(38-3)32(18-24)39-4)22-26-11-8-12-28(17-26)40-23-25-9-6-5-7-10-25/h5-14,17-21H,15-16,22-23H2,1-4H3. The Labute approximate surface area is 235 Å². The van der Waals surface area contributed by atoms with Crippen LogP contribution in [0, 0.1) is 0 Å². The summed E-state index contributed by atoms with van der Waals surface area (Å²) in [7, 11) is 6.36. The topological polar surface area (TPSA) is 66.5 Å². The van der Waals surface area contributed by atoms with Gasteiger partial charge in [-0.3, -0.25) is 4.79 Å². The van der Waals surface area contributed by atoms with Gasteiger partial charge in [-0.2, -0.15) is 0 Å². The lowest BCUT2D eigenvalue weighted by Gasteiger charge is -2.24. The highest BCUT2D eigenvalue weighted by atomic mass is 16.5. The third-order valence-corrected chi connectivity index (χ3v) is 6.52. The number of benzene rings is 4. The van der Waals surface area contributed by atoms with Crippen molar-refractivity contribution in [2.75, 3.05) is 35.0 Å². The van der Waals surface area contributed by atoms with Crippen molar-refractivity contribution in [2.24, 2.45) is 0 Å². The Kier molecular flexibility index (Phi) is 9.88. The van der Waals surface area contributed by atoms with Crippen LogP contribution in [-0.4, -0.2) is 45.8 Å². The monoisotopic (exact) mass is 541 g/mol. The van der Waals surface area contributed by atoms with Crippen LogP contribution < -0.4 is 23.7 Å². The highest BCUT2D eigenvalue weighted by molar-refractivity contribution is 5.95. The lowest BCUT2D eigenvalue weighted by atomic mass is 10.1. The zero-order valence-corrected chi connectivity index (χ0v) is 23.4. The van der Waals surface area contributed by atoms with Crippen LogP contribution in [0.2, 0.25) is 0 Å². The van der Waals surface area contributed by atoms with Crippen LogP contribution in [0.15, 0.2) is 91.0 Å². The molecule has 4 rings (SSSR count). The minimum absolute atomic E-state index is 0.131. The molecule has 4 aromatic carbocycles. The van der Waals surface area contributed by atoms with Gasteiger partial charge < -0.3 is 28.6 Å². The maximum Gasteiger partial charge on any atom is 0.254 e. The molecule has 40 heavy (non-hydrogen) atoms. The number of carbonyl (C=O) groups is 1. The molecule has 0 fully saturated rings. The van der Waals surface area contributed by atoms with Crippen molar-refractivity contribution in [1.82, 2.24) is 4.90 Å². The summed E-state index contributed by atoms with van der Waals surface area (Å²) < 4.78 is 27.7. The van der Waals surface area contributed by atoms with Crippen LogP contribution in [0.5, 0.6) is 28.7 Å². The molecule has 4 aromatic rings. The largest absolute Gasteiger partial charge is 0.497 e. The Bertz CT molecular complexity index is 1380. The Morgan fingerprint density at radius 3 is 2.00 bits per heavy atom. The summed E-state index contributed by atoms with van der Waals surface area (Å²) in [5, 5.41) is 0. The van der Waals surface area contributed by atoms with Crippen molar-refractivity contribution >= 4 is 5.91 Å². The molecule has 0 saturated heterocycles. The number of ether oxygens (including phenoxy) is 5. The molecular weight excluding hydrogens is 506 g/mol. The van der Waals surface area contributed by atoms with Gasteiger partial charge in [0, 0.05) is 24.7 Å². The highest BCUT2D eigenvalue weighted by Gasteiger charge is 2.19. The molecule has 208 valence electrons. The van der Waals surface area contributed by atoms with Crippen molar-refractivity contribution in [2.45, 2.75) is 19.6 Å². The van der Waals surface area contributed by atoms with E-state index in [1.165, 1.54) is 0 Å².